The van der Waals surface area contributed by atoms with E-state index in [0.717, 1.165) is 10.0 Å². The van der Waals surface area contributed by atoms with Gasteiger partial charge in [-0.1, -0.05) is 70.0 Å². The molecule has 0 fully saturated rings. The summed E-state index contributed by atoms with van der Waals surface area (Å²) < 4.78 is 11.8. The van der Waals surface area contributed by atoms with Gasteiger partial charge in [0.1, 0.15) is 5.75 Å². The van der Waals surface area contributed by atoms with Gasteiger partial charge in [0, 0.05) is 21.2 Å². The number of halogens is 1. The average Bonchev–Trinajstić information content (AvgIpc) is 2.97. The van der Waals surface area contributed by atoms with Crippen LogP contribution in [0.3, 0.4) is 0 Å². The number of esters is 1. The van der Waals surface area contributed by atoms with Crippen LogP contribution in [0.15, 0.2) is 77.3 Å². The van der Waals surface area contributed by atoms with Crippen molar-refractivity contribution in [2.24, 2.45) is 0 Å². The van der Waals surface area contributed by atoms with Crippen LogP contribution in [0.4, 0.5) is 0 Å². The van der Waals surface area contributed by atoms with Crippen LogP contribution in [-0.2, 0) is 15.1 Å². The number of aryl methyl sites for hydroxylation is 1. The number of ether oxygens (including phenoxy) is 2. The molecule has 1 aliphatic rings. The molecule has 5 nitrogen and oxygen atoms in total. The highest BCUT2D eigenvalue weighted by molar-refractivity contribution is 9.10. The molecule has 0 saturated heterocycles. The fraction of sp³-hybridized carbons (Fsp3) is 0.125. The van der Waals surface area contributed by atoms with E-state index in [-0.39, 0.29) is 11.1 Å². The second-order valence-corrected chi connectivity index (χ2v) is 7.88. The molecule has 0 aliphatic heterocycles. The van der Waals surface area contributed by atoms with Crippen LogP contribution in [0.5, 0.6) is 5.75 Å². The zero-order chi connectivity index (χ0) is 21.3. The SMILES string of the molecule is Cc1ccc(OCC(=O)OC2(c3ccc(Br)cc3)C(=O)c3ccccc3C2=O)cc1. The zero-order valence-electron chi connectivity index (χ0n) is 16.1. The van der Waals surface area contributed by atoms with E-state index in [1.807, 2.05) is 19.1 Å². The molecular weight excluding hydrogens is 448 g/mol. The van der Waals surface area contributed by atoms with Gasteiger partial charge in [-0.25, -0.2) is 4.79 Å². The Morgan fingerprint density at radius 2 is 1.43 bits per heavy atom. The van der Waals surface area contributed by atoms with Crippen molar-refractivity contribution in [2.75, 3.05) is 6.61 Å². The number of carbonyl (C=O) groups is 3. The van der Waals surface area contributed by atoms with Gasteiger partial charge in [-0.05, 0) is 31.2 Å². The van der Waals surface area contributed by atoms with Crippen molar-refractivity contribution in [1.82, 2.24) is 0 Å². The molecule has 30 heavy (non-hydrogen) atoms. The van der Waals surface area contributed by atoms with Crippen molar-refractivity contribution in [3.05, 3.63) is 99.5 Å². The number of Topliss-reactive ketones (excluding diaryl/α,β-unsaturated/α-hetero) is 2. The van der Waals surface area contributed by atoms with E-state index in [0.29, 0.717) is 11.3 Å². The maximum atomic E-state index is 13.3. The number of benzene rings is 3. The maximum absolute atomic E-state index is 13.3. The van der Waals surface area contributed by atoms with Gasteiger partial charge in [-0.3, -0.25) is 9.59 Å². The average molecular weight is 465 g/mol. The molecule has 0 radical (unpaired) electrons. The van der Waals surface area contributed by atoms with E-state index in [1.54, 1.807) is 60.7 Å². The lowest BCUT2D eigenvalue weighted by Gasteiger charge is -2.26. The minimum Gasteiger partial charge on any atom is -0.482 e. The third-order valence-electron chi connectivity index (χ3n) is 4.95. The van der Waals surface area contributed by atoms with Gasteiger partial charge in [-0.15, -0.1) is 0 Å². The second kappa shape index (κ2) is 7.88. The van der Waals surface area contributed by atoms with Crippen LogP contribution in [0.2, 0.25) is 0 Å². The molecule has 6 heteroatoms. The molecule has 150 valence electrons. The molecular formula is C24H17BrO5. The molecule has 0 amide bonds. The zero-order valence-corrected chi connectivity index (χ0v) is 17.6. The monoisotopic (exact) mass is 464 g/mol. The van der Waals surface area contributed by atoms with Crippen LogP contribution in [0, 0.1) is 6.92 Å². The van der Waals surface area contributed by atoms with Gasteiger partial charge < -0.3 is 9.47 Å². The van der Waals surface area contributed by atoms with Crippen molar-refractivity contribution in [2.45, 2.75) is 12.5 Å². The summed E-state index contributed by atoms with van der Waals surface area (Å²) in [5, 5.41) is 0. The van der Waals surface area contributed by atoms with Gasteiger partial charge in [0.25, 0.3) is 5.60 Å². The summed E-state index contributed by atoms with van der Waals surface area (Å²) in [5.74, 6) is -1.45. The van der Waals surface area contributed by atoms with Crippen molar-refractivity contribution >= 4 is 33.5 Å². The Morgan fingerprint density at radius 3 is 2.00 bits per heavy atom. The molecule has 0 heterocycles. The van der Waals surface area contributed by atoms with Crippen LogP contribution in [0.1, 0.15) is 31.8 Å². The number of carbonyl (C=O) groups excluding carboxylic acids is 3. The number of rotatable bonds is 5. The summed E-state index contributed by atoms with van der Waals surface area (Å²) in [6.45, 7) is 1.51. The number of ketones is 2. The Morgan fingerprint density at radius 1 is 0.867 bits per heavy atom. The lowest BCUT2D eigenvalue weighted by atomic mass is 9.88. The highest BCUT2D eigenvalue weighted by Crippen LogP contribution is 2.41. The molecule has 0 unspecified atom stereocenters. The van der Waals surface area contributed by atoms with Crippen LogP contribution >= 0.6 is 15.9 Å². The smallest absolute Gasteiger partial charge is 0.345 e. The fourth-order valence-corrected chi connectivity index (χ4v) is 3.70. The first-order valence-corrected chi connectivity index (χ1v) is 10.1. The summed E-state index contributed by atoms with van der Waals surface area (Å²) in [6.07, 6.45) is 0. The van der Waals surface area contributed by atoms with Crippen LogP contribution in [0.25, 0.3) is 0 Å². The first-order valence-electron chi connectivity index (χ1n) is 9.28. The third-order valence-corrected chi connectivity index (χ3v) is 5.48. The Hall–Kier alpha value is -3.25. The molecule has 0 bridgehead atoms. The summed E-state index contributed by atoms with van der Waals surface area (Å²) in [6, 6.07) is 20.2. The first-order chi connectivity index (χ1) is 14.4. The normalized spacial score (nSPS) is 14.3. The van der Waals surface area contributed by atoms with E-state index in [1.165, 1.54) is 0 Å². The van der Waals surface area contributed by atoms with Gasteiger partial charge in [0.05, 0.1) is 0 Å². The summed E-state index contributed by atoms with van der Waals surface area (Å²) in [7, 11) is 0. The quantitative estimate of drug-likeness (QED) is 0.405. The van der Waals surface area contributed by atoms with Gasteiger partial charge >= 0.3 is 5.97 Å². The Labute approximate surface area is 181 Å². The van der Waals surface area contributed by atoms with Crippen molar-refractivity contribution in [3.8, 4) is 5.75 Å². The maximum Gasteiger partial charge on any atom is 0.345 e. The third kappa shape index (κ3) is 3.44. The van der Waals surface area contributed by atoms with E-state index < -0.39 is 29.7 Å². The number of hydrogen-bond donors (Lipinski definition) is 0. The molecule has 0 N–H and O–H groups in total. The second-order valence-electron chi connectivity index (χ2n) is 6.97. The first kappa shape index (κ1) is 20.0. The van der Waals surface area contributed by atoms with Gasteiger partial charge in [0.15, 0.2) is 6.61 Å². The van der Waals surface area contributed by atoms with Gasteiger partial charge in [-0.2, -0.15) is 0 Å². The topological polar surface area (TPSA) is 69.7 Å². The molecule has 1 aliphatic carbocycles. The van der Waals surface area contributed by atoms with Crippen molar-refractivity contribution in [1.29, 1.82) is 0 Å². The molecule has 0 aromatic heterocycles. The predicted molar refractivity (Wildman–Crippen MR) is 114 cm³/mol. The highest BCUT2D eigenvalue weighted by atomic mass is 79.9. The highest BCUT2D eigenvalue weighted by Gasteiger charge is 2.57. The number of fused-ring (bicyclic) bond motifs is 1. The molecule has 3 aromatic rings. The van der Waals surface area contributed by atoms with Crippen molar-refractivity contribution < 1.29 is 23.9 Å². The summed E-state index contributed by atoms with van der Waals surface area (Å²) in [4.78, 5) is 39.3. The Kier molecular flexibility index (Phi) is 5.26. The summed E-state index contributed by atoms with van der Waals surface area (Å²) in [5.41, 5.74) is -0.243. The van der Waals surface area contributed by atoms with E-state index >= 15 is 0 Å². The lowest BCUT2D eigenvalue weighted by Crippen LogP contribution is -2.44. The lowest BCUT2D eigenvalue weighted by molar-refractivity contribution is -0.154. The minimum absolute atomic E-state index is 0.234. The Balaban J connectivity index is 1.66. The van der Waals surface area contributed by atoms with Crippen molar-refractivity contribution in [3.63, 3.8) is 0 Å². The standard InChI is InChI=1S/C24H17BrO5/c1-15-6-12-18(13-7-15)29-14-21(26)30-24(16-8-10-17(25)11-9-16)22(27)19-4-2-3-5-20(19)23(24)28/h2-13H,14H2,1H3. The summed E-state index contributed by atoms with van der Waals surface area (Å²) >= 11 is 3.34. The largest absolute Gasteiger partial charge is 0.482 e. The van der Waals surface area contributed by atoms with Gasteiger partial charge in [0.2, 0.25) is 11.6 Å². The van der Waals surface area contributed by atoms with Crippen LogP contribution in [-0.4, -0.2) is 24.1 Å². The van der Waals surface area contributed by atoms with Crippen LogP contribution < -0.4 is 4.74 Å². The molecule has 4 rings (SSSR count). The molecule has 0 saturated carbocycles. The van der Waals surface area contributed by atoms with E-state index in [9.17, 15) is 14.4 Å². The van der Waals surface area contributed by atoms with E-state index in [2.05, 4.69) is 15.9 Å². The predicted octanol–water partition coefficient (Wildman–Crippen LogP) is 4.65. The molecule has 0 atom stereocenters. The fourth-order valence-electron chi connectivity index (χ4n) is 3.44. The number of hydrogen-bond acceptors (Lipinski definition) is 5. The van der Waals surface area contributed by atoms with E-state index in [4.69, 9.17) is 9.47 Å². The Bertz CT molecular complexity index is 1100. The minimum atomic E-state index is -2.06. The molecule has 3 aromatic carbocycles. The molecule has 0 spiro atoms.